The summed E-state index contributed by atoms with van der Waals surface area (Å²) in [5.74, 6) is 0.450. The van der Waals surface area contributed by atoms with Gasteiger partial charge in [0, 0.05) is 23.7 Å². The number of aromatic nitrogens is 4. The van der Waals surface area contributed by atoms with Gasteiger partial charge in [-0.25, -0.2) is 40.3 Å². The second kappa shape index (κ2) is 8.32. The molecule has 0 radical (unpaired) electrons. The number of H-pyrrole nitrogens is 1. The molecule has 0 amide bonds. The molecule has 0 saturated heterocycles. The zero-order chi connectivity index (χ0) is 23.3. The Bertz CT molecular complexity index is 1350. The van der Waals surface area contributed by atoms with E-state index in [-0.39, 0.29) is 12.6 Å². The van der Waals surface area contributed by atoms with Gasteiger partial charge in [-0.3, -0.25) is 0 Å². The summed E-state index contributed by atoms with van der Waals surface area (Å²) in [5.41, 5.74) is 1.94. The second-order valence-corrected chi connectivity index (χ2v) is 11.8. The number of halogens is 2. The Hall–Kier alpha value is -2.16. The Labute approximate surface area is 184 Å². The van der Waals surface area contributed by atoms with Gasteiger partial charge in [-0.15, -0.1) is 0 Å². The number of hydrogen-bond donors (Lipinski definition) is 2. The number of rotatable bonds is 8. The molecule has 0 aromatic carbocycles. The van der Waals surface area contributed by atoms with Crippen molar-refractivity contribution in [2.45, 2.75) is 44.3 Å². The first-order valence-corrected chi connectivity index (χ1v) is 13.7. The molecule has 3 heterocycles. The standard InChI is InChI=1S/C18H24F2N6O4S2/c1-31(27,28)23-9-16-24-14-8-22-18-13(5-6-21-18)17(14)26(16)12-4-3-11(7-12)25(10-15(19)20)32(2,29)30/h5-6,8,11-12,15,23H,3-4,7,9-10H2,1-2H3,(H,21,22). The molecule has 2 N–H and O–H groups in total. The number of fused-ring (bicyclic) bond motifs is 3. The summed E-state index contributed by atoms with van der Waals surface area (Å²) in [6, 6.07) is 1.01. The van der Waals surface area contributed by atoms with E-state index in [0.29, 0.717) is 36.3 Å². The van der Waals surface area contributed by atoms with Crippen LogP contribution in [0.1, 0.15) is 31.1 Å². The Kier molecular flexibility index (Phi) is 5.98. The summed E-state index contributed by atoms with van der Waals surface area (Å²) >= 11 is 0. The van der Waals surface area contributed by atoms with Crippen LogP contribution in [0.5, 0.6) is 0 Å². The van der Waals surface area contributed by atoms with E-state index in [2.05, 4.69) is 19.7 Å². The predicted octanol–water partition coefficient (Wildman–Crippen LogP) is 1.58. The van der Waals surface area contributed by atoms with Crippen molar-refractivity contribution in [2.75, 3.05) is 19.1 Å². The second-order valence-electron chi connectivity index (χ2n) is 8.07. The average Bonchev–Trinajstić information content (AvgIpc) is 3.38. The van der Waals surface area contributed by atoms with E-state index in [4.69, 9.17) is 0 Å². The van der Waals surface area contributed by atoms with Crippen molar-refractivity contribution in [1.82, 2.24) is 28.5 Å². The lowest BCUT2D eigenvalue weighted by Crippen LogP contribution is -2.41. The van der Waals surface area contributed by atoms with Gasteiger partial charge in [0.05, 0.1) is 37.3 Å². The first-order valence-electron chi connectivity index (χ1n) is 9.96. The molecule has 176 valence electrons. The van der Waals surface area contributed by atoms with Gasteiger partial charge in [-0.1, -0.05) is 0 Å². The maximum atomic E-state index is 13.1. The average molecular weight is 491 g/mol. The third kappa shape index (κ3) is 4.63. The molecule has 10 nitrogen and oxygen atoms in total. The molecular weight excluding hydrogens is 466 g/mol. The van der Waals surface area contributed by atoms with Gasteiger partial charge < -0.3 is 9.55 Å². The van der Waals surface area contributed by atoms with Gasteiger partial charge in [0.25, 0.3) is 6.43 Å². The van der Waals surface area contributed by atoms with Gasteiger partial charge in [0.1, 0.15) is 17.0 Å². The number of hydrogen-bond acceptors (Lipinski definition) is 6. The van der Waals surface area contributed by atoms with Gasteiger partial charge in [-0.2, -0.15) is 4.31 Å². The molecule has 32 heavy (non-hydrogen) atoms. The van der Waals surface area contributed by atoms with Crippen LogP contribution in [0, 0.1) is 0 Å². The molecule has 1 saturated carbocycles. The molecule has 3 aromatic heterocycles. The number of nitrogens with one attached hydrogen (secondary N) is 2. The van der Waals surface area contributed by atoms with Crippen LogP contribution in [0.3, 0.4) is 0 Å². The fourth-order valence-electron chi connectivity index (χ4n) is 4.48. The minimum absolute atomic E-state index is 0.0621. The number of imidazole rings is 1. The van der Waals surface area contributed by atoms with Crippen molar-refractivity contribution >= 4 is 42.1 Å². The molecule has 3 aromatic rings. The highest BCUT2D eigenvalue weighted by molar-refractivity contribution is 7.88. The summed E-state index contributed by atoms with van der Waals surface area (Å²) in [7, 11) is -7.31. The topological polar surface area (TPSA) is 130 Å². The molecule has 0 bridgehead atoms. The lowest BCUT2D eigenvalue weighted by atomic mass is 10.2. The van der Waals surface area contributed by atoms with E-state index >= 15 is 0 Å². The molecule has 1 fully saturated rings. The van der Waals surface area contributed by atoms with E-state index in [1.807, 2.05) is 10.6 Å². The lowest BCUT2D eigenvalue weighted by Gasteiger charge is -2.26. The summed E-state index contributed by atoms with van der Waals surface area (Å²) in [6.45, 7) is -0.914. The highest BCUT2D eigenvalue weighted by atomic mass is 32.2. The van der Waals surface area contributed by atoms with Gasteiger partial charge in [-0.05, 0) is 25.3 Å². The van der Waals surface area contributed by atoms with Gasteiger partial charge in [0.2, 0.25) is 20.0 Å². The van der Waals surface area contributed by atoms with Crippen LogP contribution < -0.4 is 4.72 Å². The van der Waals surface area contributed by atoms with Crippen molar-refractivity contribution in [3.63, 3.8) is 0 Å². The summed E-state index contributed by atoms with van der Waals surface area (Å²) in [4.78, 5) is 11.9. The lowest BCUT2D eigenvalue weighted by molar-refractivity contribution is 0.107. The molecular formula is C18H24F2N6O4S2. The zero-order valence-corrected chi connectivity index (χ0v) is 19.1. The van der Waals surface area contributed by atoms with Crippen LogP contribution in [0.4, 0.5) is 8.78 Å². The number of nitrogens with zero attached hydrogens (tertiary/aromatic N) is 4. The molecule has 1 aliphatic carbocycles. The Morgan fingerprint density at radius 1 is 1.28 bits per heavy atom. The van der Waals surface area contributed by atoms with Gasteiger partial charge >= 0.3 is 0 Å². The van der Waals surface area contributed by atoms with Crippen LogP contribution in [0.2, 0.25) is 0 Å². The first kappa shape index (κ1) is 23.0. The molecule has 2 atom stereocenters. The van der Waals surface area contributed by atoms with E-state index in [1.54, 1.807) is 12.4 Å². The maximum Gasteiger partial charge on any atom is 0.252 e. The number of sulfonamides is 2. The van der Waals surface area contributed by atoms with Crippen LogP contribution in [-0.4, -0.2) is 72.2 Å². The van der Waals surface area contributed by atoms with Crippen LogP contribution in [0.15, 0.2) is 18.5 Å². The SMILES string of the molecule is CS(=O)(=O)NCc1nc2cnc3[nH]ccc3c2n1C1CCC(N(CC(F)F)S(C)(=O)=O)C1. The first-order chi connectivity index (χ1) is 14.9. The quantitative estimate of drug-likeness (QED) is 0.493. The van der Waals surface area contributed by atoms with Crippen molar-refractivity contribution in [3.8, 4) is 0 Å². The fraction of sp³-hybridized carbons (Fsp3) is 0.556. The van der Waals surface area contributed by atoms with Crippen LogP contribution in [0.25, 0.3) is 22.1 Å². The van der Waals surface area contributed by atoms with Crippen molar-refractivity contribution in [3.05, 3.63) is 24.3 Å². The van der Waals surface area contributed by atoms with E-state index in [1.165, 1.54) is 0 Å². The highest BCUT2D eigenvalue weighted by Gasteiger charge is 2.37. The minimum atomic E-state index is -3.82. The third-order valence-electron chi connectivity index (χ3n) is 5.69. The summed E-state index contributed by atoms with van der Waals surface area (Å²) in [6.07, 6.45) is 3.77. The number of aromatic amines is 1. The van der Waals surface area contributed by atoms with E-state index in [9.17, 15) is 25.6 Å². The van der Waals surface area contributed by atoms with Crippen molar-refractivity contribution in [2.24, 2.45) is 0 Å². The third-order valence-corrected chi connectivity index (χ3v) is 7.66. The van der Waals surface area contributed by atoms with Crippen LogP contribution >= 0.6 is 0 Å². The summed E-state index contributed by atoms with van der Waals surface area (Å²) in [5, 5.41) is 0.789. The minimum Gasteiger partial charge on any atom is -0.346 e. The Morgan fingerprint density at radius 2 is 2.03 bits per heavy atom. The maximum absolute atomic E-state index is 13.1. The monoisotopic (exact) mass is 490 g/mol. The highest BCUT2D eigenvalue weighted by Crippen LogP contribution is 2.38. The Balaban J connectivity index is 1.76. The molecule has 0 spiro atoms. The zero-order valence-electron chi connectivity index (χ0n) is 17.5. The smallest absolute Gasteiger partial charge is 0.252 e. The van der Waals surface area contributed by atoms with Crippen molar-refractivity contribution in [1.29, 1.82) is 0 Å². The van der Waals surface area contributed by atoms with Crippen LogP contribution in [-0.2, 0) is 26.6 Å². The predicted molar refractivity (Wildman–Crippen MR) is 115 cm³/mol. The number of pyridine rings is 1. The summed E-state index contributed by atoms with van der Waals surface area (Å²) < 4.78 is 79.0. The molecule has 0 aliphatic heterocycles. The van der Waals surface area contributed by atoms with Crippen molar-refractivity contribution < 1.29 is 25.6 Å². The normalized spacial score (nSPS) is 20.3. The number of alkyl halides is 2. The van der Waals surface area contributed by atoms with Gasteiger partial charge in [0.15, 0.2) is 0 Å². The molecule has 1 aliphatic rings. The molecule has 2 unspecified atom stereocenters. The molecule has 4 rings (SSSR count). The van der Waals surface area contributed by atoms with E-state index < -0.39 is 39.1 Å². The Morgan fingerprint density at radius 3 is 2.69 bits per heavy atom. The largest absolute Gasteiger partial charge is 0.346 e. The fourth-order valence-corrected chi connectivity index (χ4v) is 5.98. The molecule has 14 heteroatoms. The van der Waals surface area contributed by atoms with E-state index in [0.717, 1.165) is 27.7 Å².